The van der Waals surface area contributed by atoms with Gasteiger partial charge < -0.3 is 0 Å². The lowest BCUT2D eigenvalue weighted by molar-refractivity contribution is 0.149. The molecule has 128 valence electrons. The molecule has 2 aromatic rings. The summed E-state index contributed by atoms with van der Waals surface area (Å²) < 4.78 is 0. The van der Waals surface area contributed by atoms with Crippen LogP contribution in [0.2, 0.25) is 0 Å². The highest BCUT2D eigenvalue weighted by Crippen LogP contribution is 2.27. The third-order valence-electron chi connectivity index (χ3n) is 5.70. The molecule has 24 heavy (non-hydrogen) atoms. The Morgan fingerprint density at radius 1 is 1.25 bits per heavy atom. The lowest BCUT2D eigenvalue weighted by atomic mass is 9.96. The Kier molecular flexibility index (Phi) is 4.97. The number of rotatable bonds is 5. The first kappa shape index (κ1) is 16.2. The molecule has 0 fully saturated rings. The van der Waals surface area contributed by atoms with E-state index in [2.05, 4.69) is 46.0 Å². The van der Waals surface area contributed by atoms with Gasteiger partial charge in [0.2, 0.25) is 0 Å². The van der Waals surface area contributed by atoms with Crippen LogP contribution in [0.15, 0.2) is 29.8 Å². The fourth-order valence-electron chi connectivity index (χ4n) is 4.21. The van der Waals surface area contributed by atoms with E-state index < -0.39 is 0 Å². The SMILES string of the molecule is CCN(CCN1CCc2ccccc2C1)C1CCc2ncsc2C1. The van der Waals surface area contributed by atoms with E-state index in [1.807, 2.05) is 16.8 Å². The van der Waals surface area contributed by atoms with Gasteiger partial charge in [-0.3, -0.25) is 9.80 Å². The molecule has 1 aromatic carbocycles. The molecule has 0 N–H and O–H groups in total. The second-order valence-corrected chi connectivity index (χ2v) is 7.98. The average Bonchev–Trinajstić information content (AvgIpc) is 3.10. The quantitative estimate of drug-likeness (QED) is 0.831. The number of hydrogen-bond acceptors (Lipinski definition) is 4. The van der Waals surface area contributed by atoms with Crippen LogP contribution in [-0.2, 0) is 25.8 Å². The molecule has 3 nitrogen and oxygen atoms in total. The molecule has 1 atom stereocenters. The minimum absolute atomic E-state index is 0.708. The fraction of sp³-hybridized carbons (Fsp3) is 0.550. The predicted molar refractivity (Wildman–Crippen MR) is 101 cm³/mol. The van der Waals surface area contributed by atoms with E-state index in [4.69, 9.17) is 0 Å². The highest BCUT2D eigenvalue weighted by Gasteiger charge is 2.25. The number of hydrogen-bond donors (Lipinski definition) is 0. The summed E-state index contributed by atoms with van der Waals surface area (Å²) in [6.07, 6.45) is 4.84. The van der Waals surface area contributed by atoms with Crippen LogP contribution < -0.4 is 0 Å². The van der Waals surface area contributed by atoms with Crippen LogP contribution in [0.3, 0.4) is 0 Å². The van der Waals surface area contributed by atoms with Crippen molar-refractivity contribution in [2.75, 3.05) is 26.2 Å². The molecule has 0 spiro atoms. The van der Waals surface area contributed by atoms with Crippen LogP contribution in [0.1, 0.15) is 35.0 Å². The molecule has 4 heteroatoms. The van der Waals surface area contributed by atoms with Gasteiger partial charge in [0.15, 0.2) is 0 Å². The van der Waals surface area contributed by atoms with Crippen LogP contribution >= 0.6 is 11.3 Å². The van der Waals surface area contributed by atoms with E-state index in [0.717, 1.165) is 19.5 Å². The van der Waals surface area contributed by atoms with Gasteiger partial charge in [0.25, 0.3) is 0 Å². The summed E-state index contributed by atoms with van der Waals surface area (Å²) in [5.41, 5.74) is 6.46. The number of thiazole rings is 1. The summed E-state index contributed by atoms with van der Waals surface area (Å²) in [5, 5.41) is 0. The number of aryl methyl sites for hydroxylation is 1. The first-order valence-corrected chi connectivity index (χ1v) is 10.2. The predicted octanol–water partition coefficient (Wildman–Crippen LogP) is 3.38. The maximum Gasteiger partial charge on any atom is 0.0797 e. The summed E-state index contributed by atoms with van der Waals surface area (Å²) in [6.45, 7) is 8.18. The fourth-order valence-corrected chi connectivity index (χ4v) is 5.09. The summed E-state index contributed by atoms with van der Waals surface area (Å²) in [4.78, 5) is 11.4. The number of likely N-dealkylation sites (N-methyl/N-ethyl adjacent to an activating group) is 1. The monoisotopic (exact) mass is 341 g/mol. The lowest BCUT2D eigenvalue weighted by Crippen LogP contribution is -2.44. The molecular weight excluding hydrogens is 314 g/mol. The van der Waals surface area contributed by atoms with E-state index in [9.17, 15) is 0 Å². The molecule has 4 rings (SSSR count). The zero-order valence-electron chi connectivity index (χ0n) is 14.6. The molecule has 0 radical (unpaired) electrons. The largest absolute Gasteiger partial charge is 0.299 e. The molecule has 0 amide bonds. The second-order valence-electron chi connectivity index (χ2n) is 7.04. The van der Waals surface area contributed by atoms with Crippen molar-refractivity contribution in [1.82, 2.24) is 14.8 Å². The Morgan fingerprint density at radius 2 is 2.12 bits per heavy atom. The van der Waals surface area contributed by atoms with Crippen LogP contribution in [-0.4, -0.2) is 47.0 Å². The summed E-state index contributed by atoms with van der Waals surface area (Å²) >= 11 is 1.85. The number of benzene rings is 1. The minimum Gasteiger partial charge on any atom is -0.299 e. The lowest BCUT2D eigenvalue weighted by Gasteiger charge is -2.36. The second kappa shape index (κ2) is 7.34. The summed E-state index contributed by atoms with van der Waals surface area (Å²) in [7, 11) is 0. The Balaban J connectivity index is 1.33. The molecule has 1 aliphatic carbocycles. The molecule has 2 heterocycles. The highest BCUT2D eigenvalue weighted by molar-refractivity contribution is 7.09. The molecule has 0 saturated heterocycles. The van der Waals surface area contributed by atoms with E-state index in [-0.39, 0.29) is 0 Å². The van der Waals surface area contributed by atoms with Crippen molar-refractivity contribution in [1.29, 1.82) is 0 Å². The van der Waals surface area contributed by atoms with E-state index in [1.165, 1.54) is 55.0 Å². The van der Waals surface area contributed by atoms with Crippen LogP contribution in [0.25, 0.3) is 0 Å². The van der Waals surface area contributed by atoms with Gasteiger partial charge in [0.05, 0.1) is 11.2 Å². The first-order valence-electron chi connectivity index (χ1n) is 9.28. The van der Waals surface area contributed by atoms with Crippen molar-refractivity contribution >= 4 is 11.3 Å². The van der Waals surface area contributed by atoms with Crippen LogP contribution in [0.4, 0.5) is 0 Å². The third-order valence-corrected chi connectivity index (χ3v) is 6.59. The van der Waals surface area contributed by atoms with Gasteiger partial charge in [0, 0.05) is 37.1 Å². The summed E-state index contributed by atoms with van der Waals surface area (Å²) in [5.74, 6) is 0. The van der Waals surface area contributed by atoms with Gasteiger partial charge in [0.1, 0.15) is 0 Å². The molecule has 2 aliphatic rings. The normalized spacial score (nSPS) is 20.8. The molecular formula is C20H27N3S. The zero-order chi connectivity index (χ0) is 16.4. The number of aromatic nitrogens is 1. The smallest absolute Gasteiger partial charge is 0.0797 e. The van der Waals surface area contributed by atoms with Crippen LogP contribution in [0, 0.1) is 0 Å². The van der Waals surface area contributed by atoms with E-state index in [1.54, 1.807) is 5.56 Å². The Bertz CT molecular complexity index is 681. The highest BCUT2D eigenvalue weighted by atomic mass is 32.1. The van der Waals surface area contributed by atoms with Gasteiger partial charge in [-0.1, -0.05) is 31.2 Å². The van der Waals surface area contributed by atoms with Crippen molar-refractivity contribution in [3.8, 4) is 0 Å². The van der Waals surface area contributed by atoms with Gasteiger partial charge >= 0.3 is 0 Å². The van der Waals surface area contributed by atoms with E-state index >= 15 is 0 Å². The molecule has 1 aromatic heterocycles. The van der Waals surface area contributed by atoms with Crippen molar-refractivity contribution in [2.45, 2.75) is 45.2 Å². The van der Waals surface area contributed by atoms with Crippen LogP contribution in [0.5, 0.6) is 0 Å². The molecule has 0 saturated carbocycles. The third kappa shape index (κ3) is 3.41. The Labute approximate surface area is 149 Å². The van der Waals surface area contributed by atoms with Crippen molar-refractivity contribution in [3.05, 3.63) is 51.5 Å². The topological polar surface area (TPSA) is 19.4 Å². The maximum atomic E-state index is 4.51. The molecule has 0 bridgehead atoms. The Morgan fingerprint density at radius 3 is 3.00 bits per heavy atom. The zero-order valence-corrected chi connectivity index (χ0v) is 15.4. The molecule has 1 unspecified atom stereocenters. The number of nitrogens with zero attached hydrogens (tertiary/aromatic N) is 3. The van der Waals surface area contributed by atoms with Gasteiger partial charge in [-0.2, -0.15) is 0 Å². The standard InChI is InChI=1S/C20H27N3S/c1-2-23(18-7-8-19-20(13-18)24-15-21-19)12-11-22-10-9-16-5-3-4-6-17(16)14-22/h3-6,15,18H,2,7-14H2,1H3. The van der Waals surface area contributed by atoms with E-state index in [0.29, 0.717) is 6.04 Å². The van der Waals surface area contributed by atoms with Crippen molar-refractivity contribution in [3.63, 3.8) is 0 Å². The first-order chi connectivity index (χ1) is 11.8. The van der Waals surface area contributed by atoms with Crippen molar-refractivity contribution in [2.24, 2.45) is 0 Å². The molecule has 1 aliphatic heterocycles. The van der Waals surface area contributed by atoms with Gasteiger partial charge in [-0.05, 0) is 43.4 Å². The maximum absolute atomic E-state index is 4.51. The van der Waals surface area contributed by atoms with Gasteiger partial charge in [-0.15, -0.1) is 11.3 Å². The minimum atomic E-state index is 0.708. The van der Waals surface area contributed by atoms with Gasteiger partial charge in [-0.25, -0.2) is 4.98 Å². The summed E-state index contributed by atoms with van der Waals surface area (Å²) in [6, 6.07) is 9.64. The number of fused-ring (bicyclic) bond motifs is 2. The van der Waals surface area contributed by atoms with Crippen molar-refractivity contribution < 1.29 is 0 Å². The average molecular weight is 342 g/mol. The Hall–Kier alpha value is -1.23.